The van der Waals surface area contributed by atoms with Gasteiger partial charge in [0.15, 0.2) is 0 Å². The van der Waals surface area contributed by atoms with Crippen LogP contribution in [0.2, 0.25) is 5.02 Å². The number of nitrogens with one attached hydrogen (secondary N) is 1. The number of aryl methyl sites for hydroxylation is 1. The van der Waals surface area contributed by atoms with Crippen LogP contribution < -0.4 is 5.32 Å². The van der Waals surface area contributed by atoms with Crippen LogP contribution in [0.3, 0.4) is 0 Å². The molecule has 0 fully saturated rings. The lowest BCUT2D eigenvalue weighted by Gasteiger charge is -2.07. The first kappa shape index (κ1) is 17.3. The number of carbonyl (C=O) groups is 1. The maximum Gasteiger partial charge on any atom is 0.224 e. The second-order valence-electron chi connectivity index (χ2n) is 5.44. The third-order valence-electron chi connectivity index (χ3n) is 3.55. The van der Waals surface area contributed by atoms with Crippen molar-refractivity contribution in [2.75, 3.05) is 11.1 Å². The molecule has 0 atom stereocenters. The van der Waals surface area contributed by atoms with Gasteiger partial charge in [0.1, 0.15) is 5.52 Å². The topological polar surface area (TPSA) is 42.0 Å². The monoisotopic (exact) mass is 376 g/mol. The lowest BCUT2D eigenvalue weighted by Crippen LogP contribution is -2.11. The molecule has 2 aromatic carbocycles. The van der Waals surface area contributed by atoms with Crippen LogP contribution in [-0.2, 0) is 4.79 Å². The Balaban J connectivity index is 1.49. The van der Waals surface area contributed by atoms with Gasteiger partial charge < -0.3 is 5.32 Å². The van der Waals surface area contributed by atoms with Crippen molar-refractivity contribution in [1.29, 1.82) is 0 Å². The third kappa shape index (κ3) is 4.29. The van der Waals surface area contributed by atoms with Crippen molar-refractivity contribution in [1.82, 2.24) is 4.98 Å². The summed E-state index contributed by atoms with van der Waals surface area (Å²) in [6, 6.07) is 12.1. The van der Waals surface area contributed by atoms with E-state index >= 15 is 0 Å². The summed E-state index contributed by atoms with van der Waals surface area (Å²) in [6.45, 7) is 2.08. The van der Waals surface area contributed by atoms with E-state index in [1.165, 1.54) is 21.8 Å². The lowest BCUT2D eigenvalue weighted by atomic mass is 10.2. The SMILES string of the molecule is Cc1ccc(SCCCC(=O)Nc2ccc(Cl)c3ncsc23)cc1. The van der Waals surface area contributed by atoms with Gasteiger partial charge in [0.05, 0.1) is 20.9 Å². The summed E-state index contributed by atoms with van der Waals surface area (Å²) in [5.41, 5.74) is 4.53. The summed E-state index contributed by atoms with van der Waals surface area (Å²) in [4.78, 5) is 17.6. The van der Waals surface area contributed by atoms with E-state index in [-0.39, 0.29) is 5.91 Å². The fraction of sp³-hybridized carbons (Fsp3) is 0.222. The van der Waals surface area contributed by atoms with E-state index in [4.69, 9.17) is 11.6 Å². The smallest absolute Gasteiger partial charge is 0.224 e. The fourth-order valence-electron chi connectivity index (χ4n) is 2.29. The van der Waals surface area contributed by atoms with Crippen LogP contribution >= 0.6 is 34.7 Å². The molecule has 6 heteroatoms. The minimum absolute atomic E-state index is 0.0246. The zero-order chi connectivity index (χ0) is 16.9. The molecular weight excluding hydrogens is 360 g/mol. The van der Waals surface area contributed by atoms with Gasteiger partial charge in [0.25, 0.3) is 0 Å². The molecule has 0 radical (unpaired) electrons. The highest BCUT2D eigenvalue weighted by atomic mass is 35.5. The molecule has 0 spiro atoms. The van der Waals surface area contributed by atoms with Crippen LogP contribution in [-0.4, -0.2) is 16.6 Å². The highest BCUT2D eigenvalue weighted by molar-refractivity contribution is 7.99. The minimum atomic E-state index is 0.0246. The molecule has 1 amide bonds. The quantitative estimate of drug-likeness (QED) is 0.438. The predicted molar refractivity (Wildman–Crippen MR) is 104 cm³/mol. The molecule has 24 heavy (non-hydrogen) atoms. The first-order valence-corrected chi connectivity index (χ1v) is 9.89. The molecule has 0 saturated carbocycles. The summed E-state index contributed by atoms with van der Waals surface area (Å²) in [6.07, 6.45) is 1.34. The van der Waals surface area contributed by atoms with Crippen LogP contribution in [0.5, 0.6) is 0 Å². The van der Waals surface area contributed by atoms with E-state index in [0.29, 0.717) is 11.4 Å². The number of benzene rings is 2. The third-order valence-corrected chi connectivity index (χ3v) is 5.81. The van der Waals surface area contributed by atoms with Crippen molar-refractivity contribution in [2.24, 2.45) is 0 Å². The average Bonchev–Trinajstić information content (AvgIpc) is 3.07. The van der Waals surface area contributed by atoms with Gasteiger partial charge >= 0.3 is 0 Å². The highest BCUT2D eigenvalue weighted by Gasteiger charge is 2.10. The van der Waals surface area contributed by atoms with Crippen molar-refractivity contribution in [3.8, 4) is 0 Å². The van der Waals surface area contributed by atoms with Gasteiger partial charge in [-0.25, -0.2) is 4.98 Å². The first-order chi connectivity index (χ1) is 11.6. The number of thioether (sulfide) groups is 1. The number of thiazole rings is 1. The number of carbonyl (C=O) groups excluding carboxylic acids is 1. The Bertz CT molecular complexity index is 846. The molecule has 3 rings (SSSR count). The van der Waals surface area contributed by atoms with Crippen molar-refractivity contribution in [3.05, 3.63) is 52.5 Å². The molecule has 1 heterocycles. The number of hydrogen-bond donors (Lipinski definition) is 1. The number of amides is 1. The molecule has 0 aliphatic heterocycles. The van der Waals surface area contributed by atoms with Crippen molar-refractivity contribution < 1.29 is 4.79 Å². The molecule has 3 aromatic rings. The molecule has 0 aliphatic rings. The van der Waals surface area contributed by atoms with Gasteiger partial charge in [-0.3, -0.25) is 4.79 Å². The Hall–Kier alpha value is -1.56. The Labute approximate surface area is 154 Å². The first-order valence-electron chi connectivity index (χ1n) is 7.64. The number of hydrogen-bond acceptors (Lipinski definition) is 4. The zero-order valence-corrected chi connectivity index (χ0v) is 15.6. The van der Waals surface area contributed by atoms with Crippen LogP contribution in [0, 0.1) is 6.92 Å². The summed E-state index contributed by atoms with van der Waals surface area (Å²) < 4.78 is 0.921. The van der Waals surface area contributed by atoms with E-state index in [9.17, 15) is 4.79 Å². The van der Waals surface area contributed by atoms with E-state index in [1.807, 2.05) is 6.07 Å². The van der Waals surface area contributed by atoms with E-state index in [0.717, 1.165) is 28.1 Å². The maximum absolute atomic E-state index is 12.1. The van der Waals surface area contributed by atoms with Crippen LogP contribution in [0.4, 0.5) is 5.69 Å². The van der Waals surface area contributed by atoms with Gasteiger partial charge in [0.2, 0.25) is 5.91 Å². The van der Waals surface area contributed by atoms with Crippen molar-refractivity contribution in [2.45, 2.75) is 24.7 Å². The molecule has 0 aliphatic carbocycles. The molecule has 3 nitrogen and oxygen atoms in total. The number of anilines is 1. The van der Waals surface area contributed by atoms with Crippen molar-refractivity contribution in [3.63, 3.8) is 0 Å². The van der Waals surface area contributed by atoms with Gasteiger partial charge in [-0.1, -0.05) is 29.3 Å². The average molecular weight is 377 g/mol. The van der Waals surface area contributed by atoms with Crippen molar-refractivity contribution >= 4 is 56.5 Å². The lowest BCUT2D eigenvalue weighted by molar-refractivity contribution is -0.116. The summed E-state index contributed by atoms with van der Waals surface area (Å²) >= 11 is 9.37. The Morgan fingerprint density at radius 1 is 1.25 bits per heavy atom. The minimum Gasteiger partial charge on any atom is -0.325 e. The molecule has 0 bridgehead atoms. The van der Waals surface area contributed by atoms with E-state index in [2.05, 4.69) is 41.5 Å². The summed E-state index contributed by atoms with van der Waals surface area (Å²) in [5.74, 6) is 0.948. The summed E-state index contributed by atoms with van der Waals surface area (Å²) in [7, 11) is 0. The highest BCUT2D eigenvalue weighted by Crippen LogP contribution is 2.32. The largest absolute Gasteiger partial charge is 0.325 e. The van der Waals surface area contributed by atoms with Crippen LogP contribution in [0.1, 0.15) is 18.4 Å². The number of nitrogens with zero attached hydrogens (tertiary/aromatic N) is 1. The number of aromatic nitrogens is 1. The molecular formula is C18H17ClN2OS2. The molecule has 124 valence electrons. The Morgan fingerprint density at radius 3 is 2.83 bits per heavy atom. The predicted octanol–water partition coefficient (Wildman–Crippen LogP) is 5.77. The maximum atomic E-state index is 12.1. The molecule has 0 saturated heterocycles. The Kier molecular flexibility index (Phi) is 5.76. The molecule has 0 unspecified atom stereocenters. The fourth-order valence-corrected chi connectivity index (χ4v) is 4.19. The zero-order valence-electron chi connectivity index (χ0n) is 13.2. The van der Waals surface area contributed by atoms with E-state index in [1.54, 1.807) is 23.3 Å². The number of halogens is 1. The second-order valence-corrected chi connectivity index (χ2v) is 7.87. The second kappa shape index (κ2) is 8.01. The van der Waals surface area contributed by atoms with Crippen LogP contribution in [0.25, 0.3) is 10.2 Å². The van der Waals surface area contributed by atoms with E-state index < -0.39 is 0 Å². The molecule has 1 N–H and O–H groups in total. The number of rotatable bonds is 6. The normalized spacial score (nSPS) is 10.9. The number of fused-ring (bicyclic) bond motifs is 1. The van der Waals surface area contributed by atoms with Gasteiger partial charge in [0, 0.05) is 11.3 Å². The Morgan fingerprint density at radius 2 is 2.04 bits per heavy atom. The summed E-state index contributed by atoms with van der Waals surface area (Å²) in [5, 5.41) is 3.58. The standard InChI is InChI=1S/C18H17ClN2OS2/c1-12-4-6-13(7-5-12)23-10-2-3-16(22)21-15-9-8-14(19)17-18(15)24-11-20-17/h4-9,11H,2-3,10H2,1H3,(H,21,22). The van der Waals surface area contributed by atoms with Gasteiger partial charge in [-0.05, 0) is 43.4 Å². The van der Waals surface area contributed by atoms with Crippen LogP contribution in [0.15, 0.2) is 46.8 Å². The van der Waals surface area contributed by atoms with Gasteiger partial charge in [-0.15, -0.1) is 23.1 Å². The van der Waals surface area contributed by atoms with Gasteiger partial charge in [-0.2, -0.15) is 0 Å². The molecule has 1 aromatic heterocycles.